The van der Waals surface area contributed by atoms with Gasteiger partial charge >= 0.3 is 0 Å². The molecule has 0 amide bonds. The predicted octanol–water partition coefficient (Wildman–Crippen LogP) is 4.18. The molecule has 0 aliphatic carbocycles. The molecule has 0 bridgehead atoms. The van der Waals surface area contributed by atoms with Crippen molar-refractivity contribution < 1.29 is 4.74 Å². The van der Waals surface area contributed by atoms with Crippen LogP contribution in [0.3, 0.4) is 0 Å². The molecule has 1 saturated heterocycles. The maximum Gasteiger partial charge on any atom is 0.136 e. The van der Waals surface area contributed by atoms with Crippen LogP contribution in [0, 0.1) is 0 Å². The number of hydrogen-bond donors (Lipinski definition) is 1. The molecule has 1 aromatic rings. The number of nitrogens with one attached hydrogen (secondary N) is 1. The molecule has 0 aromatic heterocycles. The lowest BCUT2D eigenvalue weighted by Gasteiger charge is -2.27. The van der Waals surface area contributed by atoms with Gasteiger partial charge in [-0.2, -0.15) is 0 Å². The van der Waals surface area contributed by atoms with Crippen LogP contribution in [0.4, 0.5) is 0 Å². The molecule has 18 heavy (non-hydrogen) atoms. The third-order valence-electron chi connectivity index (χ3n) is 3.90. The van der Waals surface area contributed by atoms with E-state index in [1.807, 2.05) is 0 Å². The summed E-state index contributed by atoms with van der Waals surface area (Å²) in [6.45, 7) is 7.81. The van der Waals surface area contributed by atoms with Crippen LogP contribution in [0.25, 0.3) is 0 Å². The van der Waals surface area contributed by atoms with E-state index in [1.54, 1.807) is 7.11 Å². The number of ether oxygens (including phenoxy) is 1. The highest BCUT2D eigenvalue weighted by Gasteiger charge is 2.31. The third kappa shape index (κ3) is 2.43. The first-order valence-electron chi connectivity index (χ1n) is 6.61. The summed E-state index contributed by atoms with van der Waals surface area (Å²) in [6.07, 6.45) is 2.44. The number of benzene rings is 1. The number of hydrogen-bond acceptors (Lipinski definition) is 2. The van der Waals surface area contributed by atoms with Crippen molar-refractivity contribution >= 4 is 15.9 Å². The van der Waals surface area contributed by atoms with Gasteiger partial charge in [-0.05, 0) is 71.4 Å². The number of methoxy groups -OCH3 is 1. The van der Waals surface area contributed by atoms with Gasteiger partial charge in [0.15, 0.2) is 0 Å². The Bertz CT molecular complexity index is 436. The zero-order valence-electron chi connectivity index (χ0n) is 11.6. The summed E-state index contributed by atoms with van der Waals surface area (Å²) >= 11 is 3.64. The van der Waals surface area contributed by atoms with E-state index < -0.39 is 0 Å². The highest BCUT2D eigenvalue weighted by molar-refractivity contribution is 9.10. The van der Waals surface area contributed by atoms with E-state index in [1.165, 1.54) is 24.0 Å². The molecule has 1 atom stereocenters. The monoisotopic (exact) mass is 311 g/mol. The van der Waals surface area contributed by atoms with E-state index in [4.69, 9.17) is 4.74 Å². The van der Waals surface area contributed by atoms with Gasteiger partial charge in [-0.1, -0.05) is 13.8 Å². The molecule has 1 fully saturated rings. The van der Waals surface area contributed by atoms with Crippen LogP contribution in [0.5, 0.6) is 5.75 Å². The quantitative estimate of drug-likeness (QED) is 0.904. The molecular formula is C15H22BrNO. The lowest BCUT2D eigenvalue weighted by molar-refractivity contribution is 0.400. The smallest absolute Gasteiger partial charge is 0.136 e. The van der Waals surface area contributed by atoms with Gasteiger partial charge in [0, 0.05) is 5.54 Å². The van der Waals surface area contributed by atoms with Crippen molar-refractivity contribution in [3.63, 3.8) is 0 Å². The van der Waals surface area contributed by atoms with Gasteiger partial charge < -0.3 is 10.1 Å². The van der Waals surface area contributed by atoms with Gasteiger partial charge in [0.1, 0.15) is 5.75 Å². The summed E-state index contributed by atoms with van der Waals surface area (Å²) in [6, 6.07) is 4.50. The first-order chi connectivity index (χ1) is 8.48. The SMILES string of the molecule is COc1c(Br)cc(C2(C)CCCN2)cc1C(C)C. The van der Waals surface area contributed by atoms with Crippen LogP contribution >= 0.6 is 15.9 Å². The van der Waals surface area contributed by atoms with E-state index in [0.717, 1.165) is 16.8 Å². The van der Waals surface area contributed by atoms with Crippen molar-refractivity contribution in [1.82, 2.24) is 5.32 Å². The summed E-state index contributed by atoms with van der Waals surface area (Å²) in [4.78, 5) is 0. The van der Waals surface area contributed by atoms with E-state index >= 15 is 0 Å². The van der Waals surface area contributed by atoms with Gasteiger partial charge in [-0.3, -0.25) is 0 Å². The lowest BCUT2D eigenvalue weighted by Crippen LogP contribution is -2.33. The number of rotatable bonds is 3. The zero-order chi connectivity index (χ0) is 13.3. The van der Waals surface area contributed by atoms with Gasteiger partial charge in [-0.15, -0.1) is 0 Å². The second-order valence-electron chi connectivity index (χ2n) is 5.60. The molecule has 1 aromatic carbocycles. The first kappa shape index (κ1) is 13.9. The van der Waals surface area contributed by atoms with Crippen molar-refractivity contribution in [3.8, 4) is 5.75 Å². The van der Waals surface area contributed by atoms with Crippen LogP contribution < -0.4 is 10.1 Å². The minimum Gasteiger partial charge on any atom is -0.495 e. The minimum atomic E-state index is 0.110. The van der Waals surface area contributed by atoms with Crippen LogP contribution in [0.15, 0.2) is 16.6 Å². The third-order valence-corrected chi connectivity index (χ3v) is 4.49. The van der Waals surface area contributed by atoms with Crippen molar-refractivity contribution in [2.45, 2.75) is 45.1 Å². The zero-order valence-corrected chi connectivity index (χ0v) is 13.2. The molecule has 3 heteroatoms. The Morgan fingerprint density at radius 1 is 1.39 bits per heavy atom. The van der Waals surface area contributed by atoms with Gasteiger partial charge in [-0.25, -0.2) is 0 Å². The van der Waals surface area contributed by atoms with Crippen LogP contribution in [0.2, 0.25) is 0 Å². The van der Waals surface area contributed by atoms with Crippen LogP contribution in [0.1, 0.15) is 50.7 Å². The Morgan fingerprint density at radius 3 is 2.61 bits per heavy atom. The van der Waals surface area contributed by atoms with E-state index in [0.29, 0.717) is 5.92 Å². The Hall–Kier alpha value is -0.540. The van der Waals surface area contributed by atoms with Crippen molar-refractivity contribution in [1.29, 1.82) is 0 Å². The van der Waals surface area contributed by atoms with Crippen molar-refractivity contribution in [2.24, 2.45) is 0 Å². The van der Waals surface area contributed by atoms with Crippen molar-refractivity contribution in [3.05, 3.63) is 27.7 Å². The first-order valence-corrected chi connectivity index (χ1v) is 7.40. The molecule has 1 aliphatic heterocycles. The summed E-state index contributed by atoms with van der Waals surface area (Å²) in [5, 5.41) is 3.62. The molecule has 1 N–H and O–H groups in total. The molecule has 100 valence electrons. The highest BCUT2D eigenvalue weighted by atomic mass is 79.9. The highest BCUT2D eigenvalue weighted by Crippen LogP contribution is 2.40. The molecule has 1 heterocycles. The average Bonchev–Trinajstić information content (AvgIpc) is 2.76. The minimum absolute atomic E-state index is 0.110. The maximum atomic E-state index is 5.52. The lowest BCUT2D eigenvalue weighted by atomic mass is 9.87. The van der Waals surface area contributed by atoms with E-state index in [2.05, 4.69) is 54.2 Å². The largest absolute Gasteiger partial charge is 0.495 e. The molecule has 2 nitrogen and oxygen atoms in total. The van der Waals surface area contributed by atoms with Crippen LogP contribution in [-0.2, 0) is 5.54 Å². The van der Waals surface area contributed by atoms with Crippen molar-refractivity contribution in [2.75, 3.05) is 13.7 Å². The normalized spacial score (nSPS) is 23.7. The van der Waals surface area contributed by atoms with E-state index in [9.17, 15) is 0 Å². The topological polar surface area (TPSA) is 21.3 Å². The fourth-order valence-electron chi connectivity index (χ4n) is 2.72. The molecule has 0 spiro atoms. The second-order valence-corrected chi connectivity index (χ2v) is 6.45. The fourth-order valence-corrected chi connectivity index (χ4v) is 3.36. The van der Waals surface area contributed by atoms with Gasteiger partial charge in [0.2, 0.25) is 0 Å². The van der Waals surface area contributed by atoms with Gasteiger partial charge in [0.25, 0.3) is 0 Å². The maximum absolute atomic E-state index is 5.52. The molecule has 2 rings (SSSR count). The Morgan fingerprint density at radius 2 is 2.11 bits per heavy atom. The molecule has 1 aliphatic rings. The summed E-state index contributed by atoms with van der Waals surface area (Å²) < 4.78 is 6.58. The summed E-state index contributed by atoms with van der Waals surface area (Å²) in [5.41, 5.74) is 2.74. The molecule has 0 saturated carbocycles. The Balaban J connectivity index is 2.50. The van der Waals surface area contributed by atoms with E-state index in [-0.39, 0.29) is 5.54 Å². The predicted molar refractivity (Wildman–Crippen MR) is 79.4 cm³/mol. The standard InChI is InChI=1S/C15H22BrNO/c1-10(2)12-8-11(9-13(16)14(12)18-4)15(3)6-5-7-17-15/h8-10,17H,5-7H2,1-4H3. The Kier molecular flexibility index (Phi) is 4.02. The summed E-state index contributed by atoms with van der Waals surface area (Å²) in [5.74, 6) is 1.43. The molecule has 1 unspecified atom stereocenters. The average molecular weight is 312 g/mol. The van der Waals surface area contributed by atoms with Gasteiger partial charge in [0.05, 0.1) is 11.6 Å². The fraction of sp³-hybridized carbons (Fsp3) is 0.600. The Labute approximate surface area is 118 Å². The second kappa shape index (κ2) is 5.22. The molecule has 0 radical (unpaired) electrons. The number of halogens is 1. The van der Waals surface area contributed by atoms with Crippen LogP contribution in [-0.4, -0.2) is 13.7 Å². The summed E-state index contributed by atoms with van der Waals surface area (Å²) in [7, 11) is 1.74. The molecular weight excluding hydrogens is 290 g/mol.